The maximum Gasteiger partial charge on any atom is 0.256 e. The summed E-state index contributed by atoms with van der Waals surface area (Å²) in [6.45, 7) is 0.378. The van der Waals surface area contributed by atoms with E-state index in [0.29, 0.717) is 17.9 Å². The van der Waals surface area contributed by atoms with Crippen LogP contribution in [0, 0.1) is 0 Å². The number of rotatable bonds is 6. The number of ether oxygens (including phenoxy) is 1. The number of benzene rings is 2. The molecule has 0 unspecified atom stereocenters. The van der Waals surface area contributed by atoms with E-state index < -0.39 is 0 Å². The Balaban J connectivity index is 1.39. The van der Waals surface area contributed by atoms with E-state index in [1.807, 2.05) is 52.5 Å². The number of aryl methyl sites for hydroxylation is 1. The van der Waals surface area contributed by atoms with Crippen molar-refractivity contribution in [3.05, 3.63) is 88.0 Å². The summed E-state index contributed by atoms with van der Waals surface area (Å²) in [5, 5.41) is 9.80. The first-order valence-corrected chi connectivity index (χ1v) is 10.8. The van der Waals surface area contributed by atoms with Gasteiger partial charge in [-0.15, -0.1) is 11.3 Å². The Bertz CT molecular complexity index is 1170. The van der Waals surface area contributed by atoms with Crippen molar-refractivity contribution < 1.29 is 9.53 Å². The fraction of sp³-hybridized carbons (Fsp3) is 0.174. The molecule has 2 aromatic carbocycles. The second-order valence-corrected chi connectivity index (χ2v) is 7.84. The molecule has 1 aliphatic carbocycles. The Kier molecular flexibility index (Phi) is 5.03. The summed E-state index contributed by atoms with van der Waals surface area (Å²) >= 11 is 1.53. The van der Waals surface area contributed by atoms with Gasteiger partial charge in [0.15, 0.2) is 0 Å². The number of thiazole rings is 1. The lowest BCUT2D eigenvalue weighted by atomic mass is 10.2. The summed E-state index contributed by atoms with van der Waals surface area (Å²) in [4.78, 5) is 17.3. The molecule has 0 bridgehead atoms. The number of anilines is 1. The molecule has 150 valence electrons. The Morgan fingerprint density at radius 1 is 1.13 bits per heavy atom. The first-order valence-electron chi connectivity index (χ1n) is 9.85. The van der Waals surface area contributed by atoms with E-state index in [1.54, 1.807) is 17.6 Å². The van der Waals surface area contributed by atoms with Gasteiger partial charge in [0.25, 0.3) is 5.91 Å². The molecule has 30 heavy (non-hydrogen) atoms. The van der Waals surface area contributed by atoms with Crippen LogP contribution in [-0.2, 0) is 19.4 Å². The van der Waals surface area contributed by atoms with Crippen molar-refractivity contribution in [3.8, 4) is 11.4 Å². The predicted octanol–water partition coefficient (Wildman–Crippen LogP) is 4.65. The minimum absolute atomic E-state index is 0.180. The zero-order valence-electron chi connectivity index (χ0n) is 16.2. The van der Waals surface area contributed by atoms with Crippen LogP contribution in [0.1, 0.15) is 33.7 Å². The number of carbonyl (C=O) groups excluding carboxylic acids is 1. The molecular weight excluding hydrogens is 396 g/mol. The van der Waals surface area contributed by atoms with E-state index in [4.69, 9.17) is 9.84 Å². The maximum absolute atomic E-state index is 13.1. The van der Waals surface area contributed by atoms with Crippen LogP contribution >= 0.6 is 11.3 Å². The van der Waals surface area contributed by atoms with Crippen molar-refractivity contribution in [1.29, 1.82) is 0 Å². The minimum Gasteiger partial charge on any atom is -0.487 e. The fourth-order valence-electron chi connectivity index (χ4n) is 3.65. The summed E-state index contributed by atoms with van der Waals surface area (Å²) in [6, 6.07) is 17.1. The smallest absolute Gasteiger partial charge is 0.256 e. The number of fused-ring (bicyclic) bond motifs is 1. The molecule has 0 atom stereocenters. The van der Waals surface area contributed by atoms with Crippen LogP contribution in [-0.4, -0.2) is 20.7 Å². The maximum atomic E-state index is 13.1. The molecule has 7 heteroatoms. The first-order chi connectivity index (χ1) is 14.8. The lowest BCUT2D eigenvalue weighted by molar-refractivity contribution is 0.102. The van der Waals surface area contributed by atoms with E-state index in [2.05, 4.69) is 10.3 Å². The van der Waals surface area contributed by atoms with E-state index in [-0.39, 0.29) is 5.91 Å². The highest BCUT2D eigenvalue weighted by atomic mass is 32.1. The van der Waals surface area contributed by atoms with E-state index >= 15 is 0 Å². The van der Waals surface area contributed by atoms with Crippen LogP contribution < -0.4 is 10.1 Å². The highest BCUT2D eigenvalue weighted by molar-refractivity contribution is 7.07. The lowest BCUT2D eigenvalue weighted by Crippen LogP contribution is -2.16. The van der Waals surface area contributed by atoms with Crippen LogP contribution in [0.25, 0.3) is 5.69 Å². The summed E-state index contributed by atoms with van der Waals surface area (Å²) in [5.41, 5.74) is 6.31. The van der Waals surface area contributed by atoms with Gasteiger partial charge >= 0.3 is 0 Å². The number of amides is 1. The Hall–Kier alpha value is -3.45. The normalized spacial score (nSPS) is 12.5. The summed E-state index contributed by atoms with van der Waals surface area (Å²) < 4.78 is 7.63. The quantitative estimate of drug-likeness (QED) is 0.497. The SMILES string of the molecule is O=C(Nc1c2c(nn1-c1ccccc1)CCC2)c1cccc(OCc2cscn2)c1. The van der Waals surface area contributed by atoms with Gasteiger partial charge in [0.2, 0.25) is 0 Å². The van der Waals surface area contributed by atoms with Gasteiger partial charge in [-0.3, -0.25) is 4.79 Å². The zero-order valence-corrected chi connectivity index (χ0v) is 17.1. The van der Waals surface area contributed by atoms with Gasteiger partial charge in [0, 0.05) is 16.5 Å². The van der Waals surface area contributed by atoms with Crippen LogP contribution in [0.4, 0.5) is 5.82 Å². The van der Waals surface area contributed by atoms with Gasteiger partial charge in [0.1, 0.15) is 18.2 Å². The van der Waals surface area contributed by atoms with Gasteiger partial charge in [-0.25, -0.2) is 9.67 Å². The Morgan fingerprint density at radius 2 is 2.03 bits per heavy atom. The Labute approximate surface area is 178 Å². The molecule has 0 spiro atoms. The largest absolute Gasteiger partial charge is 0.487 e. The molecule has 0 saturated carbocycles. The van der Waals surface area contributed by atoms with Crippen LogP contribution in [0.5, 0.6) is 5.75 Å². The monoisotopic (exact) mass is 416 g/mol. The van der Waals surface area contributed by atoms with E-state index in [1.165, 1.54) is 11.3 Å². The number of aromatic nitrogens is 3. The van der Waals surface area contributed by atoms with E-state index in [9.17, 15) is 4.79 Å². The van der Waals surface area contributed by atoms with Gasteiger partial charge in [-0.1, -0.05) is 24.3 Å². The number of para-hydroxylation sites is 1. The van der Waals surface area contributed by atoms with Gasteiger partial charge < -0.3 is 10.1 Å². The molecule has 6 nitrogen and oxygen atoms in total. The van der Waals surface area contributed by atoms with Crippen molar-refractivity contribution in [2.75, 3.05) is 5.32 Å². The molecule has 2 heterocycles. The first kappa shape index (κ1) is 18.6. The second-order valence-electron chi connectivity index (χ2n) is 7.13. The van der Waals surface area contributed by atoms with Crippen molar-refractivity contribution >= 4 is 23.1 Å². The van der Waals surface area contributed by atoms with Crippen molar-refractivity contribution in [3.63, 3.8) is 0 Å². The predicted molar refractivity (Wildman–Crippen MR) is 116 cm³/mol. The summed E-state index contributed by atoms with van der Waals surface area (Å²) in [6.07, 6.45) is 2.93. The summed E-state index contributed by atoms with van der Waals surface area (Å²) in [7, 11) is 0. The van der Waals surface area contributed by atoms with Gasteiger partial charge in [-0.2, -0.15) is 5.10 Å². The third kappa shape index (κ3) is 3.71. The molecule has 2 aromatic heterocycles. The molecule has 1 amide bonds. The van der Waals surface area contributed by atoms with Crippen LogP contribution in [0.3, 0.4) is 0 Å². The minimum atomic E-state index is -0.180. The topological polar surface area (TPSA) is 69.0 Å². The molecule has 0 fully saturated rings. The molecule has 0 radical (unpaired) electrons. The number of carbonyl (C=O) groups is 1. The highest BCUT2D eigenvalue weighted by Crippen LogP contribution is 2.31. The van der Waals surface area contributed by atoms with Crippen molar-refractivity contribution in [1.82, 2.24) is 14.8 Å². The highest BCUT2D eigenvalue weighted by Gasteiger charge is 2.24. The number of hydrogen-bond donors (Lipinski definition) is 1. The fourth-order valence-corrected chi connectivity index (χ4v) is 4.19. The third-order valence-electron chi connectivity index (χ3n) is 5.11. The Morgan fingerprint density at radius 3 is 2.87 bits per heavy atom. The number of nitrogens with zero attached hydrogens (tertiary/aromatic N) is 3. The lowest BCUT2D eigenvalue weighted by Gasteiger charge is -2.12. The third-order valence-corrected chi connectivity index (χ3v) is 5.74. The number of nitrogens with one attached hydrogen (secondary N) is 1. The average molecular weight is 417 g/mol. The van der Waals surface area contributed by atoms with Gasteiger partial charge in [-0.05, 0) is 49.6 Å². The molecule has 0 saturated heterocycles. The van der Waals surface area contributed by atoms with Crippen LogP contribution in [0.15, 0.2) is 65.5 Å². The van der Waals surface area contributed by atoms with Crippen LogP contribution in [0.2, 0.25) is 0 Å². The molecule has 4 aromatic rings. The zero-order chi connectivity index (χ0) is 20.3. The molecule has 5 rings (SSSR count). The summed E-state index contributed by atoms with van der Waals surface area (Å²) in [5.74, 6) is 1.21. The van der Waals surface area contributed by atoms with Gasteiger partial charge in [0.05, 0.1) is 22.6 Å². The van der Waals surface area contributed by atoms with Crippen molar-refractivity contribution in [2.45, 2.75) is 25.9 Å². The van der Waals surface area contributed by atoms with E-state index in [0.717, 1.165) is 47.7 Å². The molecule has 0 aliphatic heterocycles. The van der Waals surface area contributed by atoms with Crippen molar-refractivity contribution in [2.24, 2.45) is 0 Å². The average Bonchev–Trinajstić information content (AvgIpc) is 3.52. The molecular formula is C23H20N4O2S. The molecule has 1 aliphatic rings. The standard InChI is InChI=1S/C23H20N4O2S/c28-23(16-6-4-9-19(12-16)29-13-17-14-30-15-24-17)25-22-20-10-5-11-21(20)26-27(22)18-7-2-1-3-8-18/h1-4,6-9,12,14-15H,5,10-11,13H2,(H,25,28). The second kappa shape index (κ2) is 8.12. The number of hydrogen-bond acceptors (Lipinski definition) is 5. The molecule has 1 N–H and O–H groups in total.